The largest absolute Gasteiger partial charge is 0.396 e. The summed E-state index contributed by atoms with van der Waals surface area (Å²) in [5.41, 5.74) is 6.65. The molecule has 0 aromatic carbocycles. The number of hydrogen-bond acceptors (Lipinski definition) is 3. The lowest BCUT2D eigenvalue weighted by Gasteiger charge is -2.28. The van der Waals surface area contributed by atoms with Gasteiger partial charge in [0.1, 0.15) is 0 Å². The molecule has 1 aliphatic carbocycles. The second-order valence-corrected chi connectivity index (χ2v) is 4.99. The van der Waals surface area contributed by atoms with Crippen LogP contribution in [0.4, 0.5) is 11.5 Å². The molecule has 2 atom stereocenters. The summed E-state index contributed by atoms with van der Waals surface area (Å²) in [6, 6.07) is 2.45. The van der Waals surface area contributed by atoms with Crippen LogP contribution in [-0.2, 0) is 0 Å². The molecule has 1 aromatic rings. The van der Waals surface area contributed by atoms with E-state index in [9.17, 15) is 0 Å². The first-order valence-electron chi connectivity index (χ1n) is 5.41. The van der Waals surface area contributed by atoms with Gasteiger partial charge in [0, 0.05) is 18.8 Å². The number of nitrogens with two attached hydrogens (primary N) is 1. The topological polar surface area (TPSA) is 42.1 Å². The molecule has 1 aromatic heterocycles. The van der Waals surface area contributed by atoms with Crippen molar-refractivity contribution in [2.24, 2.45) is 5.92 Å². The number of pyridine rings is 1. The van der Waals surface area contributed by atoms with E-state index in [0.717, 1.165) is 18.3 Å². The molecule has 1 saturated carbocycles. The van der Waals surface area contributed by atoms with Crippen LogP contribution in [0.25, 0.3) is 0 Å². The number of halogens is 1. The van der Waals surface area contributed by atoms with Gasteiger partial charge >= 0.3 is 0 Å². The number of aromatic nitrogens is 1. The Kier molecular flexibility index (Phi) is 2.02. The van der Waals surface area contributed by atoms with Crippen molar-refractivity contribution in [1.82, 2.24) is 4.98 Å². The molecule has 3 nitrogen and oxygen atoms in total. The Hall–Kier alpha value is -0.960. The molecular formula is C11H14ClN3. The molecule has 2 bridgehead atoms. The third-order valence-electron chi connectivity index (χ3n) is 3.54. The van der Waals surface area contributed by atoms with Crippen LogP contribution in [0.3, 0.4) is 0 Å². The first kappa shape index (κ1) is 9.28. The molecule has 4 heteroatoms. The van der Waals surface area contributed by atoms with Gasteiger partial charge in [-0.25, -0.2) is 4.98 Å². The van der Waals surface area contributed by atoms with Gasteiger partial charge in [0.05, 0.1) is 10.7 Å². The van der Waals surface area contributed by atoms with Gasteiger partial charge in [0.25, 0.3) is 0 Å². The third-order valence-corrected chi connectivity index (χ3v) is 3.75. The van der Waals surface area contributed by atoms with Crippen LogP contribution in [0.5, 0.6) is 0 Å². The Morgan fingerprint density at radius 1 is 1.47 bits per heavy atom. The molecule has 2 heterocycles. The molecule has 15 heavy (non-hydrogen) atoms. The lowest BCUT2D eigenvalue weighted by molar-refractivity contribution is 0.551. The Morgan fingerprint density at radius 2 is 2.33 bits per heavy atom. The van der Waals surface area contributed by atoms with Crippen LogP contribution in [-0.4, -0.2) is 17.6 Å². The van der Waals surface area contributed by atoms with Crippen molar-refractivity contribution >= 4 is 23.1 Å². The van der Waals surface area contributed by atoms with Gasteiger partial charge in [-0.2, -0.15) is 0 Å². The summed E-state index contributed by atoms with van der Waals surface area (Å²) in [7, 11) is 0. The van der Waals surface area contributed by atoms with Crippen LogP contribution >= 0.6 is 11.6 Å². The minimum absolute atomic E-state index is 0.612. The van der Waals surface area contributed by atoms with Crippen molar-refractivity contribution in [2.45, 2.75) is 25.3 Å². The average Bonchev–Trinajstić information content (AvgIpc) is 2.78. The van der Waals surface area contributed by atoms with Gasteiger partial charge in [-0.1, -0.05) is 11.6 Å². The van der Waals surface area contributed by atoms with Gasteiger partial charge < -0.3 is 10.6 Å². The van der Waals surface area contributed by atoms with E-state index in [-0.39, 0.29) is 0 Å². The summed E-state index contributed by atoms with van der Waals surface area (Å²) in [4.78, 5) is 6.69. The fraction of sp³-hybridized carbons (Fsp3) is 0.545. The van der Waals surface area contributed by atoms with Gasteiger partial charge in [-0.05, 0) is 31.2 Å². The van der Waals surface area contributed by atoms with Crippen LogP contribution in [0.15, 0.2) is 12.3 Å². The van der Waals surface area contributed by atoms with Crippen LogP contribution in [0, 0.1) is 5.92 Å². The minimum atomic E-state index is 0.612. The molecule has 2 fully saturated rings. The molecule has 2 N–H and O–H groups in total. The van der Waals surface area contributed by atoms with Gasteiger partial charge in [0.15, 0.2) is 5.82 Å². The molecule has 1 saturated heterocycles. The van der Waals surface area contributed by atoms with Gasteiger partial charge in [-0.3, -0.25) is 0 Å². The Balaban J connectivity index is 1.93. The monoisotopic (exact) mass is 223 g/mol. The lowest BCUT2D eigenvalue weighted by atomic mass is 10.1. The first-order chi connectivity index (χ1) is 7.24. The second-order valence-electron chi connectivity index (χ2n) is 4.55. The maximum atomic E-state index is 5.94. The number of anilines is 2. The summed E-state index contributed by atoms with van der Waals surface area (Å²) < 4.78 is 0. The lowest BCUT2D eigenvalue weighted by Crippen LogP contribution is -2.33. The molecular weight excluding hydrogens is 210 g/mol. The minimum Gasteiger partial charge on any atom is -0.396 e. The summed E-state index contributed by atoms with van der Waals surface area (Å²) >= 11 is 5.84. The highest BCUT2D eigenvalue weighted by molar-refractivity contribution is 6.30. The smallest absolute Gasteiger partial charge is 0.152 e. The zero-order chi connectivity index (χ0) is 10.4. The van der Waals surface area contributed by atoms with Gasteiger partial charge in [-0.15, -0.1) is 0 Å². The van der Waals surface area contributed by atoms with Crippen molar-refractivity contribution < 1.29 is 0 Å². The summed E-state index contributed by atoms with van der Waals surface area (Å²) in [5.74, 6) is 1.78. The predicted molar refractivity (Wildman–Crippen MR) is 62.1 cm³/mol. The van der Waals surface area contributed by atoms with Crippen LogP contribution in [0.2, 0.25) is 5.02 Å². The van der Waals surface area contributed by atoms with Gasteiger partial charge in [0.2, 0.25) is 0 Å². The fourth-order valence-electron chi connectivity index (χ4n) is 2.87. The first-order valence-corrected chi connectivity index (χ1v) is 5.79. The van der Waals surface area contributed by atoms with Crippen LogP contribution < -0.4 is 10.6 Å². The summed E-state index contributed by atoms with van der Waals surface area (Å²) in [5, 5.41) is 0.612. The maximum Gasteiger partial charge on any atom is 0.152 e. The van der Waals surface area contributed by atoms with E-state index in [1.807, 2.05) is 0 Å². The zero-order valence-electron chi connectivity index (χ0n) is 8.49. The van der Waals surface area contributed by atoms with E-state index in [1.54, 1.807) is 12.3 Å². The Morgan fingerprint density at radius 3 is 2.93 bits per heavy atom. The molecule has 3 rings (SSSR count). The third kappa shape index (κ3) is 1.46. The van der Waals surface area contributed by atoms with Crippen molar-refractivity contribution in [3.63, 3.8) is 0 Å². The number of piperidine rings is 1. The number of nitrogen functional groups attached to an aromatic ring is 1. The van der Waals surface area contributed by atoms with E-state index >= 15 is 0 Å². The maximum absolute atomic E-state index is 5.94. The molecule has 0 spiro atoms. The highest BCUT2D eigenvalue weighted by Crippen LogP contribution is 2.41. The Labute approximate surface area is 94.2 Å². The van der Waals surface area contributed by atoms with Crippen molar-refractivity contribution in [3.8, 4) is 0 Å². The van der Waals surface area contributed by atoms with E-state index < -0.39 is 0 Å². The highest BCUT2D eigenvalue weighted by Gasteiger charge is 2.38. The number of hydrogen-bond donors (Lipinski definition) is 1. The number of rotatable bonds is 1. The van der Waals surface area contributed by atoms with Crippen molar-refractivity contribution in [2.75, 3.05) is 17.2 Å². The number of fused-ring (bicyclic) bond motifs is 2. The normalized spacial score (nSPS) is 28.7. The number of nitrogens with zero attached hydrogens (tertiary/aromatic N) is 2. The van der Waals surface area contributed by atoms with Crippen LogP contribution in [0.1, 0.15) is 19.3 Å². The van der Waals surface area contributed by atoms with E-state index in [1.165, 1.54) is 19.3 Å². The predicted octanol–water partition coefficient (Wildman–Crippen LogP) is 2.31. The molecule has 2 aliphatic rings. The molecule has 2 unspecified atom stereocenters. The van der Waals surface area contributed by atoms with E-state index in [4.69, 9.17) is 17.3 Å². The Bertz CT molecular complexity index is 393. The second kappa shape index (κ2) is 3.27. The van der Waals surface area contributed by atoms with Crippen molar-refractivity contribution in [3.05, 3.63) is 17.3 Å². The zero-order valence-corrected chi connectivity index (χ0v) is 9.24. The molecule has 0 amide bonds. The standard InChI is InChI=1S/C11H14ClN3/c12-8-4-10(13)11(14-5-8)15-6-7-1-2-9(15)3-7/h4-5,7,9H,1-3,6,13H2. The average molecular weight is 224 g/mol. The molecule has 80 valence electrons. The summed E-state index contributed by atoms with van der Waals surface area (Å²) in [6.07, 6.45) is 5.64. The molecule has 0 radical (unpaired) electrons. The fourth-order valence-corrected chi connectivity index (χ4v) is 3.04. The van der Waals surface area contributed by atoms with Crippen molar-refractivity contribution in [1.29, 1.82) is 0 Å². The highest BCUT2D eigenvalue weighted by atomic mass is 35.5. The quantitative estimate of drug-likeness (QED) is 0.795. The molecule has 1 aliphatic heterocycles. The summed E-state index contributed by atoms with van der Waals surface area (Å²) in [6.45, 7) is 1.11. The van der Waals surface area contributed by atoms with E-state index in [0.29, 0.717) is 16.8 Å². The SMILES string of the molecule is Nc1cc(Cl)cnc1N1CC2CCC1C2. The van der Waals surface area contributed by atoms with E-state index in [2.05, 4.69) is 9.88 Å².